The normalized spacial score (nSPS) is 12.6. The van der Waals surface area contributed by atoms with E-state index in [2.05, 4.69) is 13.8 Å². The van der Waals surface area contributed by atoms with Crippen LogP contribution in [0.15, 0.2) is 0 Å². The molecule has 0 aromatic rings. The fraction of sp³-hybridized carbons (Fsp3) is 0.943. The Hall–Kier alpha value is -0.780. The third kappa shape index (κ3) is 20.2. The molecule has 5 heteroatoms. The lowest BCUT2D eigenvalue weighted by atomic mass is 9.82. The summed E-state index contributed by atoms with van der Waals surface area (Å²) in [5, 5.41) is 30.5. The van der Waals surface area contributed by atoms with Crippen molar-refractivity contribution < 1.29 is 24.9 Å². The van der Waals surface area contributed by atoms with Gasteiger partial charge in [0.1, 0.15) is 6.10 Å². The molecule has 0 aromatic carbocycles. The molecule has 0 spiro atoms. The smallest absolute Gasteiger partial charge is 0.209 e. The van der Waals surface area contributed by atoms with Gasteiger partial charge in [0.15, 0.2) is 11.6 Å². The van der Waals surface area contributed by atoms with Gasteiger partial charge in [0.2, 0.25) is 5.60 Å². The summed E-state index contributed by atoms with van der Waals surface area (Å²) in [7, 11) is 0. The van der Waals surface area contributed by atoms with E-state index in [0.29, 0.717) is 12.8 Å². The summed E-state index contributed by atoms with van der Waals surface area (Å²) >= 11 is 0. The van der Waals surface area contributed by atoms with Gasteiger partial charge in [0.25, 0.3) is 0 Å². The van der Waals surface area contributed by atoms with Crippen LogP contribution in [0.2, 0.25) is 0 Å². The van der Waals surface area contributed by atoms with Gasteiger partial charge in [0, 0.05) is 12.8 Å². The summed E-state index contributed by atoms with van der Waals surface area (Å²) in [5.74, 6) is -1.28. The van der Waals surface area contributed by atoms with E-state index in [0.717, 1.165) is 38.5 Å². The SMILES string of the molecule is CCCCCCCCCCCCCCCC(=O)C(O)(C(=O)CCCCCCCCCCCCCCC)[C@@H](O)CO. The Balaban J connectivity index is 3.99. The van der Waals surface area contributed by atoms with Crippen molar-refractivity contribution in [2.75, 3.05) is 6.61 Å². The molecule has 0 radical (unpaired) electrons. The molecule has 0 saturated heterocycles. The molecule has 0 amide bonds. The molecule has 0 unspecified atom stereocenters. The van der Waals surface area contributed by atoms with Crippen molar-refractivity contribution in [1.29, 1.82) is 0 Å². The number of hydrogen-bond acceptors (Lipinski definition) is 5. The highest BCUT2D eigenvalue weighted by Crippen LogP contribution is 2.22. The molecule has 0 bridgehead atoms. The maximum absolute atomic E-state index is 12.8. The van der Waals surface area contributed by atoms with Crippen LogP contribution in [0.4, 0.5) is 0 Å². The average molecular weight is 569 g/mol. The predicted molar refractivity (Wildman–Crippen MR) is 169 cm³/mol. The third-order valence-electron chi connectivity index (χ3n) is 8.52. The Bertz CT molecular complexity index is 534. The van der Waals surface area contributed by atoms with Crippen LogP contribution in [0, 0.1) is 0 Å². The summed E-state index contributed by atoms with van der Waals surface area (Å²) in [5.41, 5.74) is -2.47. The van der Waals surface area contributed by atoms with Crippen LogP contribution in [0.3, 0.4) is 0 Å². The summed E-state index contributed by atoms with van der Waals surface area (Å²) in [6.45, 7) is 3.69. The predicted octanol–water partition coefficient (Wildman–Crippen LogP) is 9.17. The molecular formula is C35H68O5. The monoisotopic (exact) mass is 569 g/mol. The maximum atomic E-state index is 12.8. The van der Waals surface area contributed by atoms with Crippen molar-refractivity contribution in [3.05, 3.63) is 0 Å². The van der Waals surface area contributed by atoms with E-state index >= 15 is 0 Å². The van der Waals surface area contributed by atoms with Gasteiger partial charge in [-0.15, -0.1) is 0 Å². The zero-order valence-electron chi connectivity index (χ0n) is 26.7. The standard InChI is InChI=1S/C35H68O5/c1-3-5-7-9-11-13-15-17-19-21-23-25-27-29-32(37)35(40,34(39)31-36)33(38)30-28-26-24-22-20-18-16-14-12-10-8-6-4-2/h34,36,39-40H,3-31H2,1-2H3/t34-/m0/s1. The molecule has 1 atom stereocenters. The molecule has 238 valence electrons. The second-order valence-electron chi connectivity index (χ2n) is 12.3. The molecule has 0 aliphatic heterocycles. The topological polar surface area (TPSA) is 94.8 Å². The number of unbranched alkanes of at least 4 members (excludes halogenated alkanes) is 24. The lowest BCUT2D eigenvalue weighted by Gasteiger charge is -2.29. The highest BCUT2D eigenvalue weighted by Gasteiger charge is 2.48. The number of ketones is 2. The fourth-order valence-corrected chi connectivity index (χ4v) is 5.65. The first-order valence-corrected chi connectivity index (χ1v) is 17.5. The molecule has 3 N–H and O–H groups in total. The van der Waals surface area contributed by atoms with Crippen LogP contribution in [0.25, 0.3) is 0 Å². The zero-order chi connectivity index (χ0) is 29.7. The van der Waals surface area contributed by atoms with Gasteiger partial charge in [-0.25, -0.2) is 0 Å². The van der Waals surface area contributed by atoms with Crippen molar-refractivity contribution in [1.82, 2.24) is 0 Å². The minimum absolute atomic E-state index is 0.0651. The van der Waals surface area contributed by atoms with Crippen LogP contribution in [0.1, 0.15) is 194 Å². The Kier molecular flexibility index (Phi) is 27.8. The molecule has 0 aliphatic rings. The lowest BCUT2D eigenvalue weighted by Crippen LogP contribution is -2.57. The summed E-state index contributed by atoms with van der Waals surface area (Å²) < 4.78 is 0. The Morgan fingerprint density at radius 1 is 0.475 bits per heavy atom. The molecule has 0 fully saturated rings. The van der Waals surface area contributed by atoms with Crippen LogP contribution >= 0.6 is 0 Å². The average Bonchev–Trinajstić information content (AvgIpc) is 2.96. The number of carbonyl (C=O) groups is 2. The van der Waals surface area contributed by atoms with Gasteiger partial charge in [-0.2, -0.15) is 0 Å². The third-order valence-corrected chi connectivity index (χ3v) is 8.52. The van der Waals surface area contributed by atoms with Crippen molar-refractivity contribution in [2.45, 2.75) is 205 Å². The number of carbonyl (C=O) groups excluding carboxylic acids is 2. The van der Waals surface area contributed by atoms with E-state index in [9.17, 15) is 24.9 Å². The van der Waals surface area contributed by atoms with Crippen LogP contribution in [-0.2, 0) is 9.59 Å². The molecule has 0 heterocycles. The summed E-state index contributed by atoms with van der Waals surface area (Å²) in [4.78, 5) is 25.6. The number of rotatable bonds is 32. The van der Waals surface area contributed by atoms with Crippen LogP contribution in [-0.4, -0.2) is 45.2 Å². The van der Waals surface area contributed by atoms with Crippen molar-refractivity contribution in [3.63, 3.8) is 0 Å². The molecule has 0 rings (SSSR count). The van der Waals surface area contributed by atoms with Crippen LogP contribution < -0.4 is 0 Å². The van der Waals surface area contributed by atoms with Crippen molar-refractivity contribution in [3.8, 4) is 0 Å². The Labute approximate surface area is 248 Å². The minimum atomic E-state index is -2.47. The first kappa shape index (κ1) is 39.2. The van der Waals surface area contributed by atoms with E-state index < -0.39 is 29.9 Å². The van der Waals surface area contributed by atoms with Gasteiger partial charge in [-0.1, -0.05) is 168 Å². The first-order valence-electron chi connectivity index (χ1n) is 17.5. The first-order chi connectivity index (χ1) is 19.4. The van der Waals surface area contributed by atoms with Gasteiger partial charge in [0.05, 0.1) is 6.61 Å². The lowest BCUT2D eigenvalue weighted by molar-refractivity contribution is -0.166. The quantitative estimate of drug-likeness (QED) is 0.0555. The number of Topliss-reactive ketones (excluding diaryl/α,β-unsaturated/α-hetero) is 2. The van der Waals surface area contributed by atoms with E-state index in [-0.39, 0.29) is 12.8 Å². The molecule has 5 nitrogen and oxygen atoms in total. The van der Waals surface area contributed by atoms with E-state index in [1.807, 2.05) is 0 Å². The van der Waals surface area contributed by atoms with Gasteiger partial charge in [-0.05, 0) is 12.8 Å². The van der Waals surface area contributed by atoms with Gasteiger partial charge in [-0.3, -0.25) is 9.59 Å². The highest BCUT2D eigenvalue weighted by atomic mass is 16.4. The second kappa shape index (κ2) is 28.3. The number of aliphatic hydroxyl groups excluding tert-OH is 2. The maximum Gasteiger partial charge on any atom is 0.209 e. The summed E-state index contributed by atoms with van der Waals surface area (Å²) in [6, 6.07) is 0. The zero-order valence-corrected chi connectivity index (χ0v) is 26.7. The van der Waals surface area contributed by atoms with Crippen LogP contribution in [0.5, 0.6) is 0 Å². The Morgan fingerprint density at radius 2 is 0.700 bits per heavy atom. The molecular weight excluding hydrogens is 500 g/mol. The number of hydrogen-bond donors (Lipinski definition) is 3. The van der Waals surface area contributed by atoms with Gasteiger partial charge >= 0.3 is 0 Å². The van der Waals surface area contributed by atoms with E-state index in [4.69, 9.17) is 0 Å². The molecule has 40 heavy (non-hydrogen) atoms. The van der Waals surface area contributed by atoms with E-state index in [1.54, 1.807) is 0 Å². The second-order valence-corrected chi connectivity index (χ2v) is 12.3. The van der Waals surface area contributed by atoms with Gasteiger partial charge < -0.3 is 15.3 Å². The fourth-order valence-electron chi connectivity index (χ4n) is 5.65. The molecule has 0 aliphatic carbocycles. The summed E-state index contributed by atoms with van der Waals surface area (Å²) in [6.07, 6.45) is 29.4. The number of aliphatic hydroxyl groups is 3. The minimum Gasteiger partial charge on any atom is -0.394 e. The highest BCUT2D eigenvalue weighted by molar-refractivity contribution is 6.10. The molecule has 0 aromatic heterocycles. The van der Waals surface area contributed by atoms with Crippen molar-refractivity contribution in [2.24, 2.45) is 0 Å². The Morgan fingerprint density at radius 3 is 0.925 bits per heavy atom. The molecule has 0 saturated carbocycles. The van der Waals surface area contributed by atoms with E-state index in [1.165, 1.54) is 116 Å². The van der Waals surface area contributed by atoms with Crippen molar-refractivity contribution >= 4 is 11.6 Å². The largest absolute Gasteiger partial charge is 0.394 e.